The molecule has 8 heteroatoms. The Balaban J connectivity index is 2.47. The van der Waals surface area contributed by atoms with Gasteiger partial charge in [0.05, 0.1) is 9.79 Å². The Labute approximate surface area is 104 Å². The van der Waals surface area contributed by atoms with Gasteiger partial charge in [-0.25, -0.2) is 16.8 Å². The smallest absolute Gasteiger partial charge is 0.207 e. The summed E-state index contributed by atoms with van der Waals surface area (Å²) >= 11 is 0. The van der Waals surface area contributed by atoms with E-state index in [1.807, 2.05) is 0 Å². The number of nitrogens with zero attached hydrogens (tertiary/aromatic N) is 1. The highest BCUT2D eigenvalue weighted by atomic mass is 35.7. The third-order valence-corrected chi connectivity index (χ3v) is 5.79. The van der Waals surface area contributed by atoms with E-state index < -0.39 is 19.1 Å². The molecular formula is C9H10ClNO4S2. The largest absolute Gasteiger partial charge is 0.261 e. The second kappa shape index (κ2) is 4.24. The average Bonchev–Trinajstić information content (AvgIpc) is 2.13. The van der Waals surface area contributed by atoms with E-state index in [1.54, 1.807) is 0 Å². The van der Waals surface area contributed by atoms with E-state index in [0.717, 1.165) is 12.5 Å². The Kier molecular flexibility index (Phi) is 3.19. The minimum atomic E-state index is -3.91. The fourth-order valence-electron chi connectivity index (χ4n) is 1.46. The number of halogens is 1. The summed E-state index contributed by atoms with van der Waals surface area (Å²) in [6.07, 6.45) is 0.826. The SMILES string of the molecule is O=S(=O)(Cl)c1cccc(S(=O)(=O)N2CCC2)c1. The van der Waals surface area contributed by atoms with Gasteiger partial charge in [-0.15, -0.1) is 0 Å². The van der Waals surface area contributed by atoms with Crippen LogP contribution in [0.1, 0.15) is 6.42 Å². The molecule has 0 spiro atoms. The molecule has 0 aliphatic carbocycles. The van der Waals surface area contributed by atoms with Crippen LogP contribution < -0.4 is 0 Å². The molecular weight excluding hydrogens is 286 g/mol. The van der Waals surface area contributed by atoms with Crippen LogP contribution >= 0.6 is 10.7 Å². The van der Waals surface area contributed by atoms with E-state index in [1.165, 1.54) is 22.5 Å². The van der Waals surface area contributed by atoms with Crippen molar-refractivity contribution in [1.82, 2.24) is 4.31 Å². The van der Waals surface area contributed by atoms with Gasteiger partial charge in [-0.2, -0.15) is 4.31 Å². The van der Waals surface area contributed by atoms with E-state index >= 15 is 0 Å². The maximum absolute atomic E-state index is 12.0. The van der Waals surface area contributed by atoms with Gasteiger partial charge in [-0.05, 0) is 24.6 Å². The van der Waals surface area contributed by atoms with Crippen LogP contribution in [-0.2, 0) is 19.1 Å². The summed E-state index contributed by atoms with van der Waals surface area (Å²) in [6, 6.07) is 5.06. The molecule has 1 heterocycles. The van der Waals surface area contributed by atoms with Gasteiger partial charge in [-0.1, -0.05) is 6.07 Å². The second-order valence-corrected chi connectivity index (χ2v) is 8.17. The fourth-order valence-corrected chi connectivity index (χ4v) is 3.90. The van der Waals surface area contributed by atoms with Gasteiger partial charge < -0.3 is 0 Å². The van der Waals surface area contributed by atoms with Crippen LogP contribution in [0.25, 0.3) is 0 Å². The summed E-state index contributed by atoms with van der Waals surface area (Å²) in [5.41, 5.74) is 0. The molecule has 0 unspecified atom stereocenters. The van der Waals surface area contributed by atoms with Crippen LogP contribution in [-0.4, -0.2) is 34.2 Å². The molecule has 1 fully saturated rings. The summed E-state index contributed by atoms with van der Waals surface area (Å²) < 4.78 is 47.5. The standard InChI is InChI=1S/C9H10ClNO4S2/c10-16(12,13)8-3-1-4-9(7-8)17(14,15)11-5-2-6-11/h1,3-4,7H,2,5-6H2. The number of hydrogen-bond acceptors (Lipinski definition) is 4. The number of hydrogen-bond donors (Lipinski definition) is 0. The zero-order chi connectivity index (χ0) is 12.7. The quantitative estimate of drug-likeness (QED) is 0.780. The summed E-state index contributed by atoms with van der Waals surface area (Å²) in [6.45, 7) is 0.945. The summed E-state index contributed by atoms with van der Waals surface area (Å²) in [5, 5.41) is 0. The Morgan fingerprint density at radius 3 is 2.12 bits per heavy atom. The van der Waals surface area contributed by atoms with E-state index in [2.05, 4.69) is 0 Å². The molecule has 0 N–H and O–H groups in total. The first kappa shape index (κ1) is 12.8. The predicted molar refractivity (Wildman–Crippen MR) is 62.9 cm³/mol. The molecule has 5 nitrogen and oxygen atoms in total. The van der Waals surface area contributed by atoms with Crippen LogP contribution in [0.2, 0.25) is 0 Å². The molecule has 0 amide bonds. The van der Waals surface area contributed by atoms with Crippen molar-refractivity contribution in [2.45, 2.75) is 16.2 Å². The average molecular weight is 296 g/mol. The van der Waals surface area contributed by atoms with E-state index in [4.69, 9.17) is 10.7 Å². The van der Waals surface area contributed by atoms with Gasteiger partial charge in [0.25, 0.3) is 9.05 Å². The topological polar surface area (TPSA) is 71.5 Å². The minimum absolute atomic E-state index is 0.0427. The van der Waals surface area contributed by atoms with Crippen molar-refractivity contribution in [3.63, 3.8) is 0 Å². The molecule has 1 aromatic carbocycles. The lowest BCUT2D eigenvalue weighted by Crippen LogP contribution is -2.41. The van der Waals surface area contributed by atoms with Crippen molar-refractivity contribution < 1.29 is 16.8 Å². The highest BCUT2D eigenvalue weighted by Crippen LogP contribution is 2.24. The summed E-state index contributed by atoms with van der Waals surface area (Å²) in [5.74, 6) is 0. The lowest BCUT2D eigenvalue weighted by Gasteiger charge is -2.29. The number of rotatable bonds is 3. The van der Waals surface area contributed by atoms with E-state index in [-0.39, 0.29) is 9.79 Å². The molecule has 1 aliphatic heterocycles. The van der Waals surface area contributed by atoms with Gasteiger partial charge in [0, 0.05) is 23.8 Å². The van der Waals surface area contributed by atoms with Gasteiger partial charge in [-0.3, -0.25) is 0 Å². The molecule has 0 bridgehead atoms. The zero-order valence-corrected chi connectivity index (χ0v) is 11.1. The molecule has 1 aliphatic rings. The summed E-state index contributed by atoms with van der Waals surface area (Å²) in [4.78, 5) is -0.250. The first-order chi connectivity index (χ1) is 7.82. The molecule has 0 atom stereocenters. The van der Waals surface area contributed by atoms with Crippen molar-refractivity contribution in [3.05, 3.63) is 24.3 Å². The Bertz CT molecular complexity index is 635. The lowest BCUT2D eigenvalue weighted by molar-refractivity contribution is 0.309. The molecule has 17 heavy (non-hydrogen) atoms. The van der Waals surface area contributed by atoms with Crippen molar-refractivity contribution in [2.75, 3.05) is 13.1 Å². The first-order valence-corrected chi connectivity index (χ1v) is 8.62. The zero-order valence-electron chi connectivity index (χ0n) is 8.71. The maximum Gasteiger partial charge on any atom is 0.261 e. The molecule has 0 aromatic heterocycles. The van der Waals surface area contributed by atoms with E-state index in [0.29, 0.717) is 13.1 Å². The highest BCUT2D eigenvalue weighted by Gasteiger charge is 2.29. The Morgan fingerprint density at radius 1 is 1.06 bits per heavy atom. The fraction of sp³-hybridized carbons (Fsp3) is 0.333. The van der Waals surface area contributed by atoms with Crippen LogP contribution in [0.5, 0.6) is 0 Å². The number of sulfonamides is 1. The van der Waals surface area contributed by atoms with Gasteiger partial charge in [0.2, 0.25) is 10.0 Å². The van der Waals surface area contributed by atoms with Crippen LogP contribution in [0.15, 0.2) is 34.1 Å². The Hall–Kier alpha value is -0.630. The lowest BCUT2D eigenvalue weighted by atomic mass is 10.3. The first-order valence-electron chi connectivity index (χ1n) is 4.87. The molecule has 2 rings (SSSR count). The molecule has 0 radical (unpaired) electrons. The molecule has 1 aromatic rings. The predicted octanol–water partition coefficient (Wildman–Crippen LogP) is 1.01. The number of benzene rings is 1. The Morgan fingerprint density at radius 2 is 1.65 bits per heavy atom. The van der Waals surface area contributed by atoms with Crippen molar-refractivity contribution in [1.29, 1.82) is 0 Å². The monoisotopic (exact) mass is 295 g/mol. The second-order valence-electron chi connectivity index (χ2n) is 3.67. The molecule has 94 valence electrons. The van der Waals surface area contributed by atoms with Crippen LogP contribution in [0.3, 0.4) is 0 Å². The van der Waals surface area contributed by atoms with E-state index in [9.17, 15) is 16.8 Å². The van der Waals surface area contributed by atoms with Crippen molar-refractivity contribution in [2.24, 2.45) is 0 Å². The normalized spacial score (nSPS) is 17.7. The van der Waals surface area contributed by atoms with Crippen LogP contribution in [0.4, 0.5) is 0 Å². The highest BCUT2D eigenvalue weighted by molar-refractivity contribution is 8.13. The van der Waals surface area contributed by atoms with Gasteiger partial charge in [0.15, 0.2) is 0 Å². The van der Waals surface area contributed by atoms with Crippen molar-refractivity contribution in [3.8, 4) is 0 Å². The van der Waals surface area contributed by atoms with Crippen LogP contribution in [0, 0.1) is 0 Å². The van der Waals surface area contributed by atoms with Gasteiger partial charge in [0.1, 0.15) is 0 Å². The van der Waals surface area contributed by atoms with Crippen molar-refractivity contribution >= 4 is 29.8 Å². The third-order valence-electron chi connectivity index (χ3n) is 2.54. The maximum atomic E-state index is 12.0. The molecule has 0 saturated carbocycles. The molecule has 1 saturated heterocycles. The van der Waals surface area contributed by atoms with Gasteiger partial charge >= 0.3 is 0 Å². The summed E-state index contributed by atoms with van der Waals surface area (Å²) in [7, 11) is -2.31. The minimum Gasteiger partial charge on any atom is -0.207 e. The third kappa shape index (κ3) is 2.47.